The number of aromatic hydroxyl groups is 2. The Labute approximate surface area is 340 Å². The van der Waals surface area contributed by atoms with Gasteiger partial charge >= 0.3 is 16.5 Å². The summed E-state index contributed by atoms with van der Waals surface area (Å²) in [4.78, 5) is 31.6. The van der Waals surface area contributed by atoms with Crippen molar-refractivity contribution in [2.75, 3.05) is 0 Å². The van der Waals surface area contributed by atoms with Crippen LogP contribution in [-0.4, -0.2) is 29.5 Å². The molecule has 4 aromatic rings. The predicted octanol–water partition coefficient (Wildman–Crippen LogP) is 8.30. The molecule has 0 unspecified atom stereocenters. The number of aromatic nitrogens is 6. The van der Waals surface area contributed by atoms with Crippen LogP contribution in [0.3, 0.4) is 0 Å². The van der Waals surface area contributed by atoms with Gasteiger partial charge in [0.25, 0.3) is 16.8 Å². The Kier molecular flexibility index (Phi) is 15.9. The third-order valence-electron chi connectivity index (χ3n) is 8.50. The molecule has 18 nitrogen and oxygen atoms in total. The van der Waals surface area contributed by atoms with Crippen molar-refractivity contribution in [1.29, 1.82) is 10.5 Å². The van der Waals surface area contributed by atoms with Gasteiger partial charge < -0.3 is 30.6 Å². The van der Waals surface area contributed by atoms with Gasteiger partial charge in [0, 0.05) is 24.1 Å². The van der Waals surface area contributed by atoms with E-state index in [1.807, 2.05) is 67.5 Å². The largest absolute Gasteiger partial charge is 2.00 e. The number of pyridine rings is 2. The van der Waals surface area contributed by atoms with Crippen molar-refractivity contribution in [2.24, 2.45) is 20.5 Å². The van der Waals surface area contributed by atoms with Gasteiger partial charge in [-0.05, 0) is 49.3 Å². The van der Waals surface area contributed by atoms with Crippen LogP contribution in [0.4, 0.5) is 34.4 Å². The van der Waals surface area contributed by atoms with Gasteiger partial charge in [-0.25, -0.2) is 9.69 Å². The molecule has 300 valence electrons. The van der Waals surface area contributed by atoms with Gasteiger partial charge in [-0.15, -0.1) is 0 Å². The van der Waals surface area contributed by atoms with Crippen LogP contribution in [0, 0.1) is 49.7 Å². The van der Waals surface area contributed by atoms with E-state index in [4.69, 9.17) is 13.1 Å². The molecule has 0 amide bonds. The zero-order chi connectivity index (χ0) is 42.1. The number of nitriles is 2. The van der Waals surface area contributed by atoms with Crippen LogP contribution in [0.2, 0.25) is 0 Å². The molecule has 0 aliphatic rings. The molecule has 0 spiro atoms. The maximum atomic E-state index is 12.4. The fourth-order valence-corrected chi connectivity index (χ4v) is 5.32. The molecule has 0 aromatic carbocycles. The van der Waals surface area contributed by atoms with Crippen molar-refractivity contribution < 1.29 is 26.7 Å². The molecule has 0 saturated carbocycles. The van der Waals surface area contributed by atoms with E-state index in [2.05, 4.69) is 50.5 Å². The number of azo groups is 2. The summed E-state index contributed by atoms with van der Waals surface area (Å²) in [6, 6.07) is 3.90. The number of hydrogen-bond donors (Lipinski definition) is 2. The fraction of sp³-hybridized carbons (Fsp3) is 0.474. The standard InChI is InChI=1S/2C19H23N7O2.Ni/c1-8-9-10-26-17(27)12(20-6)11(2)13(18(26)28)22-24-16-14(21-7)15(23-25-16)19(3,4)5;1-6-7-8-26-17(27)12(9-20)11(2)14(18(26)28)22-24-16-13(10-21)15(23-25-16)19(3,4)5;/h8-10H2,1-5H3,(H2,22,23,24,25,27,28);6-8H2,1-5H3,(H2,22,23,24,25,27,28);/q;;+2/p-2. The quantitative estimate of drug-likeness (QED) is 0.0880. The number of unbranched alkanes of at least 4 members (excludes halogenated alkanes) is 2. The van der Waals surface area contributed by atoms with E-state index >= 15 is 0 Å². The number of nitrogens with zero attached hydrogens (tertiary/aromatic N) is 14. The van der Waals surface area contributed by atoms with Crippen molar-refractivity contribution in [3.05, 3.63) is 77.2 Å². The molecule has 4 rings (SSSR count). The number of hydrogen-bond acceptors (Lipinski definition) is 12. The van der Waals surface area contributed by atoms with Crippen molar-refractivity contribution in [3.63, 3.8) is 0 Å². The summed E-state index contributed by atoms with van der Waals surface area (Å²) in [6.07, 6.45) is 2.94. The second-order valence-corrected chi connectivity index (χ2v) is 14.8. The molecular formula is C38H44N14NiO4. The number of rotatable bonds is 10. The van der Waals surface area contributed by atoms with E-state index in [0.717, 1.165) is 22.0 Å². The molecular weight excluding hydrogens is 775 g/mol. The molecule has 0 bridgehead atoms. The van der Waals surface area contributed by atoms with Crippen LogP contribution in [-0.2, 0) is 40.4 Å². The summed E-state index contributed by atoms with van der Waals surface area (Å²) in [5, 5.41) is 71.8. The Hall–Kier alpha value is -6.43. The summed E-state index contributed by atoms with van der Waals surface area (Å²) in [7, 11) is 0. The van der Waals surface area contributed by atoms with E-state index in [0.29, 0.717) is 24.2 Å². The van der Waals surface area contributed by atoms with Crippen LogP contribution in [0.1, 0.15) is 115 Å². The maximum absolute atomic E-state index is 12.4. The molecule has 57 heavy (non-hydrogen) atoms. The third-order valence-corrected chi connectivity index (χ3v) is 8.50. The van der Waals surface area contributed by atoms with Gasteiger partial charge in [0.1, 0.15) is 29.1 Å². The fourth-order valence-electron chi connectivity index (χ4n) is 5.32. The first-order chi connectivity index (χ1) is 26.3. The first-order valence-corrected chi connectivity index (χ1v) is 17.7. The van der Waals surface area contributed by atoms with E-state index in [1.165, 1.54) is 13.8 Å². The normalized spacial score (nSPS) is 11.3. The monoisotopic (exact) mass is 818 g/mol. The molecule has 4 aromatic heterocycles. The Morgan fingerprint density at radius 2 is 1.14 bits per heavy atom. The van der Waals surface area contributed by atoms with Crippen LogP contribution in [0.15, 0.2) is 30.0 Å². The Morgan fingerprint density at radius 1 is 0.702 bits per heavy atom. The van der Waals surface area contributed by atoms with Crippen molar-refractivity contribution >= 4 is 34.4 Å². The van der Waals surface area contributed by atoms with Crippen LogP contribution >= 0.6 is 0 Å². The van der Waals surface area contributed by atoms with Crippen LogP contribution < -0.4 is 21.3 Å². The van der Waals surface area contributed by atoms with E-state index in [9.17, 15) is 30.3 Å². The summed E-state index contributed by atoms with van der Waals surface area (Å²) in [5.41, 5.74) is -0.264. The summed E-state index contributed by atoms with van der Waals surface area (Å²) < 4.78 is 2.25. The molecule has 0 saturated heterocycles. The average molecular weight is 820 g/mol. The SMILES string of the molecule is CCCCn1c(O)c(N=Nc2[n-]nc(C(C)(C)C)c2C#N)c(C)c(C#N)c1=O.[C-]#[N+]c1c(C(C)(C)C)n[n-]c1N=Nc1c(C)c([N+]#[C-])c(=O)n(CCCC)c1O.[Ni+2]. The Balaban J connectivity index is 0.000000387. The summed E-state index contributed by atoms with van der Waals surface area (Å²) >= 11 is 0. The molecule has 2 N–H and O–H groups in total. The van der Waals surface area contributed by atoms with E-state index in [1.54, 1.807) is 0 Å². The van der Waals surface area contributed by atoms with Gasteiger partial charge in [-0.2, -0.15) is 10.5 Å². The molecule has 0 atom stereocenters. The predicted molar refractivity (Wildman–Crippen MR) is 207 cm³/mol. The van der Waals surface area contributed by atoms with E-state index < -0.39 is 16.5 Å². The van der Waals surface area contributed by atoms with Crippen molar-refractivity contribution in [2.45, 2.75) is 119 Å². The van der Waals surface area contributed by atoms with Crippen LogP contribution in [0.5, 0.6) is 11.8 Å². The second kappa shape index (κ2) is 19.4. The minimum absolute atomic E-state index is 0. The van der Waals surface area contributed by atoms with Gasteiger partial charge in [-0.1, -0.05) is 68.2 Å². The zero-order valence-electron chi connectivity index (χ0n) is 33.5. The first-order valence-electron chi connectivity index (χ1n) is 17.7. The van der Waals surface area contributed by atoms with Gasteiger partial charge in [-0.3, -0.25) is 39.1 Å². The van der Waals surface area contributed by atoms with Crippen LogP contribution in [0.25, 0.3) is 9.69 Å². The molecule has 0 fully saturated rings. The van der Waals surface area contributed by atoms with Crippen molar-refractivity contribution in [3.8, 4) is 23.9 Å². The smallest absolute Gasteiger partial charge is 0.493 e. The minimum atomic E-state index is -0.564. The van der Waals surface area contributed by atoms with E-state index in [-0.39, 0.29) is 103 Å². The minimum Gasteiger partial charge on any atom is -0.493 e. The molecule has 0 radical (unpaired) electrons. The summed E-state index contributed by atoms with van der Waals surface area (Å²) in [6.45, 7) is 33.6. The van der Waals surface area contributed by atoms with Gasteiger partial charge in [0.15, 0.2) is 0 Å². The molecule has 0 aliphatic heterocycles. The Bertz CT molecular complexity index is 2290. The molecule has 0 aliphatic carbocycles. The molecule has 19 heteroatoms. The molecule has 4 heterocycles. The third kappa shape index (κ3) is 10.1. The topological polar surface area (TPSA) is 244 Å². The maximum Gasteiger partial charge on any atom is 2.00 e. The Morgan fingerprint density at radius 3 is 1.60 bits per heavy atom. The van der Waals surface area contributed by atoms with Gasteiger partial charge in [0.05, 0.1) is 30.1 Å². The van der Waals surface area contributed by atoms with Crippen molar-refractivity contribution in [1.82, 2.24) is 29.5 Å². The second-order valence-electron chi connectivity index (χ2n) is 14.8. The first kappa shape index (κ1) is 46.7. The summed E-state index contributed by atoms with van der Waals surface area (Å²) in [5.74, 6) is -0.662. The average Bonchev–Trinajstić information content (AvgIpc) is 3.76. The van der Waals surface area contributed by atoms with Gasteiger partial charge in [0.2, 0.25) is 17.4 Å². The zero-order valence-corrected chi connectivity index (χ0v) is 34.5.